The molecule has 2 N–H and O–H groups in total. The average Bonchev–Trinajstić information content (AvgIpc) is 2.16. The van der Waals surface area contributed by atoms with Crippen LogP contribution in [0, 0.1) is 3.57 Å². The van der Waals surface area contributed by atoms with Crippen molar-refractivity contribution in [2.45, 2.75) is 19.8 Å². The Bertz CT molecular complexity index is 503. The van der Waals surface area contributed by atoms with Gasteiger partial charge in [0.15, 0.2) is 0 Å². The third-order valence-corrected chi connectivity index (χ3v) is 3.50. The van der Waals surface area contributed by atoms with Crippen LogP contribution in [0.15, 0.2) is 30.3 Å². The molecule has 0 saturated carbocycles. The molecule has 0 saturated heterocycles. The second kappa shape index (κ2) is 4.00. The molecule has 0 heterocycles. The highest BCUT2D eigenvalue weighted by Gasteiger charge is 2.08. The molecule has 15 heavy (non-hydrogen) atoms. The third kappa shape index (κ3) is 1.95. The first-order valence-electron chi connectivity index (χ1n) is 5.07. The van der Waals surface area contributed by atoms with Gasteiger partial charge in [-0.2, -0.15) is 0 Å². The lowest BCUT2D eigenvalue weighted by Crippen LogP contribution is -1.95. The minimum atomic E-state index is 0.506. The van der Waals surface area contributed by atoms with E-state index in [1.54, 1.807) is 0 Å². The molecule has 0 aromatic heterocycles. The Labute approximate surface area is 104 Å². The zero-order valence-corrected chi connectivity index (χ0v) is 11.1. The lowest BCUT2D eigenvalue weighted by molar-refractivity contribution is 0.876. The number of anilines is 1. The van der Waals surface area contributed by atoms with Gasteiger partial charge in [-0.3, -0.25) is 0 Å². The van der Waals surface area contributed by atoms with Gasteiger partial charge in [0.05, 0.1) is 0 Å². The predicted octanol–water partition coefficient (Wildman–Crippen LogP) is 4.15. The van der Waals surface area contributed by atoms with Crippen molar-refractivity contribution < 1.29 is 0 Å². The van der Waals surface area contributed by atoms with Gasteiger partial charge in [0.1, 0.15) is 0 Å². The first kappa shape index (κ1) is 10.7. The van der Waals surface area contributed by atoms with Crippen LogP contribution in [0.5, 0.6) is 0 Å². The van der Waals surface area contributed by atoms with E-state index in [1.165, 1.54) is 19.9 Å². The largest absolute Gasteiger partial charge is 0.399 e. The van der Waals surface area contributed by atoms with E-state index < -0.39 is 0 Å². The number of fused-ring (bicyclic) bond motifs is 1. The first-order chi connectivity index (χ1) is 7.09. The van der Waals surface area contributed by atoms with Crippen LogP contribution in [0.3, 0.4) is 0 Å². The van der Waals surface area contributed by atoms with Crippen LogP contribution in [0.1, 0.15) is 25.3 Å². The van der Waals surface area contributed by atoms with E-state index in [0.717, 1.165) is 5.69 Å². The molecule has 0 aliphatic carbocycles. The van der Waals surface area contributed by atoms with Gasteiger partial charge in [-0.25, -0.2) is 0 Å². The topological polar surface area (TPSA) is 26.0 Å². The molecule has 2 heteroatoms. The molecule has 2 rings (SSSR count). The molecular formula is C13H14IN. The second-order valence-corrected chi connectivity index (χ2v) is 5.26. The van der Waals surface area contributed by atoms with E-state index in [9.17, 15) is 0 Å². The molecule has 0 atom stereocenters. The van der Waals surface area contributed by atoms with Crippen LogP contribution < -0.4 is 5.73 Å². The van der Waals surface area contributed by atoms with Gasteiger partial charge in [-0.05, 0) is 63.0 Å². The maximum atomic E-state index is 5.91. The fraction of sp³-hybridized carbons (Fsp3) is 0.231. The van der Waals surface area contributed by atoms with Gasteiger partial charge in [-0.1, -0.05) is 26.0 Å². The normalized spacial score (nSPS) is 11.2. The van der Waals surface area contributed by atoms with Crippen LogP contribution in [-0.4, -0.2) is 0 Å². The maximum Gasteiger partial charge on any atom is 0.0323 e. The molecule has 0 fully saturated rings. The van der Waals surface area contributed by atoms with Crippen LogP contribution in [0.25, 0.3) is 10.8 Å². The molecule has 0 radical (unpaired) electrons. The summed E-state index contributed by atoms with van der Waals surface area (Å²) in [6.45, 7) is 4.41. The van der Waals surface area contributed by atoms with Crippen molar-refractivity contribution in [1.29, 1.82) is 0 Å². The van der Waals surface area contributed by atoms with Crippen LogP contribution in [0.4, 0.5) is 5.69 Å². The summed E-state index contributed by atoms with van der Waals surface area (Å²) in [5.41, 5.74) is 8.11. The van der Waals surface area contributed by atoms with E-state index in [0.29, 0.717) is 5.92 Å². The van der Waals surface area contributed by atoms with Crippen LogP contribution in [-0.2, 0) is 0 Å². The fourth-order valence-corrected chi connectivity index (χ4v) is 2.72. The quantitative estimate of drug-likeness (QED) is 0.621. The SMILES string of the molecule is CC(C)c1cc(N)cc2cccc(I)c12. The molecule has 0 bridgehead atoms. The number of nitrogens with two attached hydrogens (primary N) is 1. The van der Waals surface area contributed by atoms with Crippen molar-refractivity contribution in [2.24, 2.45) is 0 Å². The summed E-state index contributed by atoms with van der Waals surface area (Å²) in [4.78, 5) is 0. The van der Waals surface area contributed by atoms with Gasteiger partial charge in [0.2, 0.25) is 0 Å². The minimum absolute atomic E-state index is 0.506. The smallest absolute Gasteiger partial charge is 0.0323 e. The van der Waals surface area contributed by atoms with Crippen molar-refractivity contribution in [1.82, 2.24) is 0 Å². The Hall–Kier alpha value is -0.770. The molecule has 0 aliphatic rings. The summed E-state index contributed by atoms with van der Waals surface area (Å²) >= 11 is 2.39. The molecule has 2 aromatic carbocycles. The van der Waals surface area contributed by atoms with Crippen molar-refractivity contribution in [3.05, 3.63) is 39.5 Å². The number of halogens is 1. The first-order valence-corrected chi connectivity index (χ1v) is 6.15. The minimum Gasteiger partial charge on any atom is -0.399 e. The van der Waals surface area contributed by atoms with Crippen LogP contribution in [0.2, 0.25) is 0 Å². The monoisotopic (exact) mass is 311 g/mol. The Morgan fingerprint density at radius 3 is 2.60 bits per heavy atom. The Kier molecular flexibility index (Phi) is 2.87. The molecule has 78 valence electrons. The molecule has 0 spiro atoms. The van der Waals surface area contributed by atoms with Crippen molar-refractivity contribution in [3.8, 4) is 0 Å². The van der Waals surface area contributed by atoms with Crippen molar-refractivity contribution in [2.75, 3.05) is 5.73 Å². The third-order valence-electron chi connectivity index (χ3n) is 2.60. The van der Waals surface area contributed by atoms with E-state index in [4.69, 9.17) is 5.73 Å². The lowest BCUT2D eigenvalue weighted by Gasteiger charge is -2.12. The zero-order chi connectivity index (χ0) is 11.0. The van der Waals surface area contributed by atoms with E-state index in [2.05, 4.69) is 60.7 Å². The highest BCUT2D eigenvalue weighted by molar-refractivity contribution is 14.1. The number of hydrogen-bond donors (Lipinski definition) is 1. The summed E-state index contributed by atoms with van der Waals surface area (Å²) in [6, 6.07) is 10.5. The van der Waals surface area contributed by atoms with Gasteiger partial charge < -0.3 is 5.73 Å². The van der Waals surface area contributed by atoms with Crippen LogP contribution >= 0.6 is 22.6 Å². The number of hydrogen-bond acceptors (Lipinski definition) is 1. The molecule has 0 amide bonds. The van der Waals surface area contributed by atoms with Gasteiger partial charge in [-0.15, -0.1) is 0 Å². The van der Waals surface area contributed by atoms with E-state index >= 15 is 0 Å². The summed E-state index contributed by atoms with van der Waals surface area (Å²) in [5.74, 6) is 0.506. The highest BCUT2D eigenvalue weighted by atomic mass is 127. The van der Waals surface area contributed by atoms with Crippen molar-refractivity contribution >= 4 is 39.1 Å². The molecular weight excluding hydrogens is 297 g/mol. The van der Waals surface area contributed by atoms with Gasteiger partial charge >= 0.3 is 0 Å². The summed E-state index contributed by atoms with van der Waals surface area (Å²) < 4.78 is 1.30. The predicted molar refractivity (Wildman–Crippen MR) is 75.2 cm³/mol. The highest BCUT2D eigenvalue weighted by Crippen LogP contribution is 2.31. The Balaban J connectivity index is 2.88. The molecule has 2 aromatic rings. The maximum absolute atomic E-state index is 5.91. The standard InChI is InChI=1S/C13H14IN/c1-8(2)11-7-10(15)6-9-4-3-5-12(14)13(9)11/h3-8H,15H2,1-2H3. The van der Waals surface area contributed by atoms with Gasteiger partial charge in [0, 0.05) is 9.26 Å². The Morgan fingerprint density at radius 2 is 1.93 bits per heavy atom. The number of benzene rings is 2. The van der Waals surface area contributed by atoms with Gasteiger partial charge in [0.25, 0.3) is 0 Å². The number of rotatable bonds is 1. The summed E-state index contributed by atoms with van der Waals surface area (Å²) in [5, 5.41) is 2.59. The Morgan fingerprint density at radius 1 is 1.20 bits per heavy atom. The lowest BCUT2D eigenvalue weighted by atomic mass is 9.95. The second-order valence-electron chi connectivity index (χ2n) is 4.10. The summed E-state index contributed by atoms with van der Waals surface area (Å²) in [7, 11) is 0. The molecule has 0 unspecified atom stereocenters. The number of nitrogen functional groups attached to an aromatic ring is 1. The fourth-order valence-electron chi connectivity index (χ4n) is 1.89. The molecule has 1 nitrogen and oxygen atoms in total. The average molecular weight is 311 g/mol. The van der Waals surface area contributed by atoms with E-state index in [-0.39, 0.29) is 0 Å². The molecule has 0 aliphatic heterocycles. The zero-order valence-electron chi connectivity index (χ0n) is 8.92. The summed E-state index contributed by atoms with van der Waals surface area (Å²) in [6.07, 6.45) is 0. The van der Waals surface area contributed by atoms with E-state index in [1.807, 2.05) is 6.07 Å². The van der Waals surface area contributed by atoms with Crippen molar-refractivity contribution in [3.63, 3.8) is 0 Å².